The molecule has 0 radical (unpaired) electrons. The van der Waals surface area contributed by atoms with E-state index in [-0.39, 0.29) is 16.7 Å². The van der Waals surface area contributed by atoms with E-state index >= 15 is 0 Å². The molecule has 1 aromatic rings. The molecule has 0 aromatic carbocycles. The minimum Gasteiger partial charge on any atom is -0.478 e. The molecular formula is C13H19N3O2. The van der Waals surface area contributed by atoms with Gasteiger partial charge in [-0.2, -0.15) is 0 Å². The van der Waals surface area contributed by atoms with E-state index in [1.54, 1.807) is 0 Å². The summed E-state index contributed by atoms with van der Waals surface area (Å²) >= 11 is 0. The Hall–Kier alpha value is -1.78. The van der Waals surface area contributed by atoms with Crippen LogP contribution in [-0.4, -0.2) is 29.1 Å². The summed E-state index contributed by atoms with van der Waals surface area (Å²) in [6.45, 7) is 6.14. The van der Waals surface area contributed by atoms with Crippen LogP contribution in [0.1, 0.15) is 37.0 Å². The van der Waals surface area contributed by atoms with E-state index in [2.05, 4.69) is 23.7 Å². The number of hydrogen-bond acceptors (Lipinski definition) is 4. The van der Waals surface area contributed by atoms with Crippen molar-refractivity contribution in [1.29, 1.82) is 0 Å². The third kappa shape index (κ3) is 2.39. The van der Waals surface area contributed by atoms with Crippen LogP contribution in [0.3, 0.4) is 0 Å². The molecule has 0 amide bonds. The van der Waals surface area contributed by atoms with Crippen LogP contribution in [-0.2, 0) is 0 Å². The van der Waals surface area contributed by atoms with Crippen LogP contribution < -0.4 is 10.6 Å². The van der Waals surface area contributed by atoms with Crippen molar-refractivity contribution >= 4 is 17.5 Å². The zero-order valence-electron chi connectivity index (χ0n) is 10.8. The third-order valence-electron chi connectivity index (χ3n) is 3.40. The Morgan fingerprint density at radius 2 is 2.28 bits per heavy atom. The smallest absolute Gasteiger partial charge is 0.337 e. The first kappa shape index (κ1) is 12.7. The Labute approximate surface area is 107 Å². The van der Waals surface area contributed by atoms with Crippen LogP contribution in [0.15, 0.2) is 12.3 Å². The molecule has 5 nitrogen and oxygen atoms in total. The summed E-state index contributed by atoms with van der Waals surface area (Å²) in [7, 11) is 0. The maximum absolute atomic E-state index is 11.1. The van der Waals surface area contributed by atoms with Gasteiger partial charge in [0.2, 0.25) is 0 Å². The predicted octanol–water partition coefficient (Wildman–Crippen LogP) is 1.99. The second kappa shape index (κ2) is 4.48. The number of aromatic nitrogens is 1. The van der Waals surface area contributed by atoms with Crippen LogP contribution in [0.5, 0.6) is 0 Å². The van der Waals surface area contributed by atoms with Gasteiger partial charge < -0.3 is 15.7 Å². The number of piperidine rings is 1. The van der Waals surface area contributed by atoms with E-state index < -0.39 is 5.97 Å². The Balaban J connectivity index is 2.34. The number of carbonyl (C=O) groups is 1. The van der Waals surface area contributed by atoms with Crippen LogP contribution in [0.2, 0.25) is 0 Å². The highest BCUT2D eigenvalue weighted by Gasteiger charge is 2.28. The standard InChI is InChI=1S/C13H19N3O2/c1-13(2)5-3-7-16(8-13)11-10(14)9(12(17)18)4-6-15-11/h4,6H,3,5,7-8,14H2,1-2H3,(H,17,18). The number of hydrogen-bond donors (Lipinski definition) is 2. The lowest BCUT2D eigenvalue weighted by Crippen LogP contribution is -2.41. The van der Waals surface area contributed by atoms with E-state index in [1.165, 1.54) is 18.7 Å². The van der Waals surface area contributed by atoms with Gasteiger partial charge in [-0.15, -0.1) is 0 Å². The fraction of sp³-hybridized carbons (Fsp3) is 0.538. The third-order valence-corrected chi connectivity index (χ3v) is 3.40. The molecule has 98 valence electrons. The van der Waals surface area contributed by atoms with Gasteiger partial charge in [-0.25, -0.2) is 9.78 Å². The first-order chi connectivity index (χ1) is 8.41. The summed E-state index contributed by atoms with van der Waals surface area (Å²) in [6, 6.07) is 1.44. The van der Waals surface area contributed by atoms with Gasteiger partial charge in [0.15, 0.2) is 5.82 Å². The topological polar surface area (TPSA) is 79.5 Å². The molecule has 1 aromatic heterocycles. The van der Waals surface area contributed by atoms with Gasteiger partial charge >= 0.3 is 5.97 Å². The minimum absolute atomic E-state index is 0.128. The number of anilines is 2. The fourth-order valence-corrected chi connectivity index (χ4v) is 2.50. The monoisotopic (exact) mass is 249 g/mol. The lowest BCUT2D eigenvalue weighted by Gasteiger charge is -2.39. The molecule has 1 aliphatic rings. The van der Waals surface area contributed by atoms with E-state index in [9.17, 15) is 4.79 Å². The quantitative estimate of drug-likeness (QED) is 0.838. The highest BCUT2D eigenvalue weighted by atomic mass is 16.4. The first-order valence-electron chi connectivity index (χ1n) is 6.13. The number of carboxylic acids is 1. The summed E-state index contributed by atoms with van der Waals surface area (Å²) in [5, 5.41) is 9.06. The molecule has 1 saturated heterocycles. The maximum Gasteiger partial charge on any atom is 0.337 e. The number of rotatable bonds is 2. The van der Waals surface area contributed by atoms with Gasteiger partial charge in [0.1, 0.15) is 0 Å². The zero-order valence-corrected chi connectivity index (χ0v) is 10.8. The Bertz CT molecular complexity index is 471. The SMILES string of the molecule is CC1(C)CCCN(c2nccc(C(=O)O)c2N)C1. The number of pyridine rings is 1. The normalized spacial score (nSPS) is 18.7. The number of aromatic carboxylic acids is 1. The van der Waals surface area contributed by atoms with Crippen LogP contribution in [0.4, 0.5) is 11.5 Å². The molecule has 0 aliphatic carbocycles. The van der Waals surface area contributed by atoms with Gasteiger partial charge in [0.05, 0.1) is 11.3 Å². The molecule has 5 heteroatoms. The van der Waals surface area contributed by atoms with E-state index in [1.807, 2.05) is 0 Å². The Morgan fingerprint density at radius 3 is 2.89 bits per heavy atom. The highest BCUT2D eigenvalue weighted by molar-refractivity contribution is 5.96. The zero-order chi connectivity index (χ0) is 13.3. The van der Waals surface area contributed by atoms with Crippen LogP contribution in [0, 0.1) is 5.41 Å². The molecule has 2 heterocycles. The van der Waals surface area contributed by atoms with Crippen LogP contribution in [0.25, 0.3) is 0 Å². The second-order valence-electron chi connectivity index (χ2n) is 5.59. The summed E-state index contributed by atoms with van der Waals surface area (Å²) in [5.74, 6) is -0.407. The molecule has 0 unspecified atom stereocenters. The van der Waals surface area contributed by atoms with Crippen molar-refractivity contribution in [1.82, 2.24) is 4.98 Å². The lowest BCUT2D eigenvalue weighted by molar-refractivity contribution is 0.0698. The molecule has 0 spiro atoms. The van der Waals surface area contributed by atoms with Crippen molar-refractivity contribution in [2.75, 3.05) is 23.7 Å². The number of carboxylic acid groups (broad SMARTS) is 1. The maximum atomic E-state index is 11.1. The molecule has 0 atom stereocenters. The van der Waals surface area contributed by atoms with Crippen LogP contribution >= 0.6 is 0 Å². The summed E-state index contributed by atoms with van der Waals surface area (Å²) in [4.78, 5) is 17.4. The minimum atomic E-state index is -1.01. The molecule has 0 bridgehead atoms. The van der Waals surface area contributed by atoms with Gasteiger partial charge in [-0.1, -0.05) is 13.8 Å². The van der Waals surface area contributed by atoms with Crippen molar-refractivity contribution in [3.05, 3.63) is 17.8 Å². The summed E-state index contributed by atoms with van der Waals surface area (Å²) in [6.07, 6.45) is 3.75. The van der Waals surface area contributed by atoms with Crippen molar-refractivity contribution < 1.29 is 9.90 Å². The molecule has 0 saturated carbocycles. The Morgan fingerprint density at radius 1 is 1.56 bits per heavy atom. The molecule has 2 rings (SSSR count). The molecule has 3 N–H and O–H groups in total. The van der Waals surface area contributed by atoms with Gasteiger partial charge in [-0.05, 0) is 24.3 Å². The Kier molecular flexibility index (Phi) is 3.15. The molecule has 1 fully saturated rings. The fourth-order valence-electron chi connectivity index (χ4n) is 2.50. The first-order valence-corrected chi connectivity index (χ1v) is 6.13. The molecule has 18 heavy (non-hydrogen) atoms. The lowest BCUT2D eigenvalue weighted by atomic mass is 9.84. The summed E-state index contributed by atoms with van der Waals surface area (Å²) < 4.78 is 0. The predicted molar refractivity (Wildman–Crippen MR) is 70.8 cm³/mol. The van der Waals surface area contributed by atoms with Gasteiger partial charge in [0, 0.05) is 19.3 Å². The highest BCUT2D eigenvalue weighted by Crippen LogP contribution is 2.33. The second-order valence-corrected chi connectivity index (χ2v) is 5.59. The largest absolute Gasteiger partial charge is 0.478 e. The van der Waals surface area contributed by atoms with E-state index in [0.29, 0.717) is 5.82 Å². The van der Waals surface area contributed by atoms with Crippen molar-refractivity contribution in [2.24, 2.45) is 5.41 Å². The van der Waals surface area contributed by atoms with Crippen molar-refractivity contribution in [2.45, 2.75) is 26.7 Å². The number of nitrogen functional groups attached to an aromatic ring is 1. The van der Waals surface area contributed by atoms with Gasteiger partial charge in [0.25, 0.3) is 0 Å². The van der Waals surface area contributed by atoms with Crippen molar-refractivity contribution in [3.8, 4) is 0 Å². The van der Waals surface area contributed by atoms with E-state index in [4.69, 9.17) is 10.8 Å². The van der Waals surface area contributed by atoms with Crippen molar-refractivity contribution in [3.63, 3.8) is 0 Å². The van der Waals surface area contributed by atoms with E-state index in [0.717, 1.165) is 19.5 Å². The number of nitrogens with two attached hydrogens (primary N) is 1. The molecular weight excluding hydrogens is 230 g/mol. The number of nitrogens with zero attached hydrogens (tertiary/aromatic N) is 2. The van der Waals surface area contributed by atoms with Gasteiger partial charge in [-0.3, -0.25) is 0 Å². The average Bonchev–Trinajstić information content (AvgIpc) is 2.27. The summed E-state index contributed by atoms with van der Waals surface area (Å²) in [5.41, 5.74) is 6.53. The average molecular weight is 249 g/mol. The molecule has 1 aliphatic heterocycles.